The maximum Gasteiger partial charge on any atom is 0.130 e. The Bertz CT molecular complexity index is 218. The molecular formula is C8H12N2S. The van der Waals surface area contributed by atoms with Crippen molar-refractivity contribution in [3.05, 3.63) is 18.2 Å². The number of hydrogen-bond donors (Lipinski definition) is 0. The van der Waals surface area contributed by atoms with Gasteiger partial charge in [-0.05, 0) is 6.26 Å². The van der Waals surface area contributed by atoms with Crippen LogP contribution in [0.2, 0.25) is 0 Å². The fourth-order valence-electron chi connectivity index (χ4n) is 0.730. The summed E-state index contributed by atoms with van der Waals surface area (Å²) in [6.45, 7) is 4.18. The van der Waals surface area contributed by atoms with Gasteiger partial charge in [-0.2, -0.15) is 0 Å². The molecule has 0 saturated carbocycles. The number of nitrogens with zero attached hydrogens (tertiary/aromatic N) is 2. The summed E-state index contributed by atoms with van der Waals surface area (Å²) in [6.07, 6.45) is 5.76. The third-order valence-corrected chi connectivity index (χ3v) is 2.08. The Hall–Kier alpha value is -0.570. The zero-order valence-corrected chi connectivity index (χ0v) is 7.85. The molecule has 11 heavy (non-hydrogen) atoms. The van der Waals surface area contributed by atoms with Crippen molar-refractivity contribution < 1.29 is 0 Å². The quantitative estimate of drug-likeness (QED) is 0.634. The molecule has 0 atom stereocenters. The first kappa shape index (κ1) is 8.53. The van der Waals surface area contributed by atoms with Crippen LogP contribution in [0.25, 0.3) is 0 Å². The molecule has 60 valence electrons. The minimum absolute atomic E-state index is 0.422. The molecule has 0 unspecified atom stereocenters. The van der Waals surface area contributed by atoms with Crippen molar-refractivity contribution in [3.8, 4) is 0 Å². The summed E-state index contributed by atoms with van der Waals surface area (Å²) >= 11 is 1.66. The Morgan fingerprint density at radius 3 is 2.18 bits per heavy atom. The smallest absolute Gasteiger partial charge is 0.130 e. The molecule has 0 saturated heterocycles. The summed E-state index contributed by atoms with van der Waals surface area (Å²) in [5, 5.41) is 0. The lowest BCUT2D eigenvalue weighted by Gasteiger charge is -2.02. The van der Waals surface area contributed by atoms with Crippen LogP contribution < -0.4 is 0 Å². The molecule has 2 nitrogen and oxygen atoms in total. The molecule has 1 rings (SSSR count). The predicted molar refractivity (Wildman–Crippen MR) is 47.9 cm³/mol. The van der Waals surface area contributed by atoms with E-state index >= 15 is 0 Å². The van der Waals surface area contributed by atoms with Gasteiger partial charge in [0.25, 0.3) is 0 Å². The van der Waals surface area contributed by atoms with Crippen LogP contribution in [-0.2, 0) is 0 Å². The van der Waals surface area contributed by atoms with E-state index in [1.165, 1.54) is 0 Å². The zero-order valence-electron chi connectivity index (χ0n) is 7.03. The Balaban J connectivity index is 2.83. The van der Waals surface area contributed by atoms with Crippen LogP contribution >= 0.6 is 11.8 Å². The van der Waals surface area contributed by atoms with Gasteiger partial charge in [-0.1, -0.05) is 13.8 Å². The van der Waals surface area contributed by atoms with E-state index in [-0.39, 0.29) is 0 Å². The lowest BCUT2D eigenvalue weighted by Crippen LogP contribution is -1.95. The molecule has 0 fully saturated rings. The van der Waals surface area contributed by atoms with Crippen LogP contribution in [0.5, 0.6) is 0 Å². The first-order valence-electron chi connectivity index (χ1n) is 3.60. The van der Waals surface area contributed by atoms with Crippen molar-refractivity contribution >= 4 is 11.8 Å². The van der Waals surface area contributed by atoms with Gasteiger partial charge in [0, 0.05) is 23.2 Å². The van der Waals surface area contributed by atoms with Crippen LogP contribution in [0, 0.1) is 0 Å². The molecule has 0 spiro atoms. The third kappa shape index (κ3) is 2.19. The second-order valence-electron chi connectivity index (χ2n) is 2.64. The Morgan fingerprint density at radius 1 is 1.27 bits per heavy atom. The summed E-state index contributed by atoms with van der Waals surface area (Å²) in [5.74, 6) is 1.34. The second-order valence-corrected chi connectivity index (χ2v) is 3.52. The summed E-state index contributed by atoms with van der Waals surface area (Å²) < 4.78 is 0. The van der Waals surface area contributed by atoms with E-state index in [1.54, 1.807) is 11.8 Å². The van der Waals surface area contributed by atoms with Gasteiger partial charge in [-0.15, -0.1) is 11.8 Å². The Kier molecular flexibility index (Phi) is 2.88. The normalized spacial score (nSPS) is 10.5. The largest absolute Gasteiger partial charge is 0.240 e. The van der Waals surface area contributed by atoms with E-state index in [1.807, 2.05) is 18.6 Å². The van der Waals surface area contributed by atoms with Crippen molar-refractivity contribution in [2.45, 2.75) is 24.7 Å². The van der Waals surface area contributed by atoms with Crippen LogP contribution in [0.3, 0.4) is 0 Å². The number of rotatable bonds is 2. The molecule has 0 amide bonds. The molecule has 0 N–H and O–H groups in total. The molecule has 0 aliphatic rings. The van der Waals surface area contributed by atoms with Gasteiger partial charge in [0.05, 0.1) is 0 Å². The van der Waals surface area contributed by atoms with E-state index in [2.05, 4.69) is 23.8 Å². The number of hydrogen-bond acceptors (Lipinski definition) is 3. The van der Waals surface area contributed by atoms with Crippen LogP contribution in [0.4, 0.5) is 0 Å². The average Bonchev–Trinajstić information content (AvgIpc) is 2.05. The maximum absolute atomic E-state index is 4.22. The molecule has 3 heteroatoms. The topological polar surface area (TPSA) is 25.8 Å². The summed E-state index contributed by atoms with van der Waals surface area (Å²) in [5.41, 5.74) is 0. The van der Waals surface area contributed by atoms with Gasteiger partial charge in [-0.25, -0.2) is 9.97 Å². The first-order chi connectivity index (χ1) is 5.24. The van der Waals surface area contributed by atoms with Crippen molar-refractivity contribution in [3.63, 3.8) is 0 Å². The minimum Gasteiger partial charge on any atom is -0.240 e. The summed E-state index contributed by atoms with van der Waals surface area (Å²) in [4.78, 5) is 9.55. The highest BCUT2D eigenvalue weighted by atomic mass is 32.2. The van der Waals surface area contributed by atoms with Gasteiger partial charge in [0.2, 0.25) is 0 Å². The molecule has 0 aliphatic heterocycles. The van der Waals surface area contributed by atoms with Gasteiger partial charge in [0.1, 0.15) is 5.82 Å². The highest BCUT2D eigenvalue weighted by Gasteiger charge is 2.00. The SMILES string of the molecule is CSc1cnc(C(C)C)nc1. The van der Waals surface area contributed by atoms with Crippen molar-refractivity contribution in [2.75, 3.05) is 6.26 Å². The third-order valence-electron chi connectivity index (χ3n) is 1.40. The molecule has 0 aromatic carbocycles. The lowest BCUT2D eigenvalue weighted by atomic mass is 10.2. The molecular weight excluding hydrogens is 156 g/mol. The van der Waals surface area contributed by atoms with E-state index < -0.39 is 0 Å². The average molecular weight is 168 g/mol. The summed E-state index contributed by atoms with van der Waals surface area (Å²) in [6, 6.07) is 0. The monoisotopic (exact) mass is 168 g/mol. The van der Waals surface area contributed by atoms with E-state index in [9.17, 15) is 0 Å². The molecule has 0 aliphatic carbocycles. The summed E-state index contributed by atoms with van der Waals surface area (Å²) in [7, 11) is 0. The fraction of sp³-hybridized carbons (Fsp3) is 0.500. The molecule has 1 aromatic rings. The van der Waals surface area contributed by atoms with E-state index in [4.69, 9.17) is 0 Å². The van der Waals surface area contributed by atoms with Gasteiger partial charge in [0.15, 0.2) is 0 Å². The Labute approximate surface area is 71.5 Å². The lowest BCUT2D eigenvalue weighted by molar-refractivity contribution is 0.766. The predicted octanol–water partition coefficient (Wildman–Crippen LogP) is 2.32. The molecule has 1 aromatic heterocycles. The highest BCUT2D eigenvalue weighted by Crippen LogP contribution is 2.13. The van der Waals surface area contributed by atoms with Gasteiger partial charge < -0.3 is 0 Å². The van der Waals surface area contributed by atoms with Crippen LogP contribution in [-0.4, -0.2) is 16.2 Å². The van der Waals surface area contributed by atoms with Gasteiger partial charge >= 0.3 is 0 Å². The van der Waals surface area contributed by atoms with Gasteiger partial charge in [-0.3, -0.25) is 0 Å². The molecule has 0 bridgehead atoms. The standard InChI is InChI=1S/C8H12N2S/c1-6(2)8-9-4-7(11-3)5-10-8/h4-6H,1-3H3. The number of thioether (sulfide) groups is 1. The first-order valence-corrected chi connectivity index (χ1v) is 4.82. The fourth-order valence-corrected chi connectivity index (χ4v) is 1.05. The van der Waals surface area contributed by atoms with Crippen molar-refractivity contribution in [1.82, 2.24) is 9.97 Å². The Morgan fingerprint density at radius 2 is 1.82 bits per heavy atom. The minimum atomic E-state index is 0.422. The van der Waals surface area contributed by atoms with Crippen LogP contribution in [0.1, 0.15) is 25.6 Å². The van der Waals surface area contributed by atoms with Crippen molar-refractivity contribution in [2.24, 2.45) is 0 Å². The number of aromatic nitrogens is 2. The molecule has 0 radical (unpaired) electrons. The highest BCUT2D eigenvalue weighted by molar-refractivity contribution is 7.98. The molecule has 1 heterocycles. The van der Waals surface area contributed by atoms with E-state index in [0.717, 1.165) is 10.7 Å². The zero-order chi connectivity index (χ0) is 8.27. The van der Waals surface area contributed by atoms with Crippen molar-refractivity contribution in [1.29, 1.82) is 0 Å². The maximum atomic E-state index is 4.22. The van der Waals surface area contributed by atoms with E-state index in [0.29, 0.717) is 5.92 Å². The second kappa shape index (κ2) is 3.72. The van der Waals surface area contributed by atoms with Crippen LogP contribution in [0.15, 0.2) is 17.3 Å².